The zero-order valence-corrected chi connectivity index (χ0v) is 34.1. The second kappa shape index (κ2) is 11.7. The molecule has 56 heavy (non-hydrogen) atoms. The van der Waals surface area contributed by atoms with Crippen molar-refractivity contribution in [3.05, 3.63) is 150 Å². The number of hydrogen-bond donors (Lipinski definition) is 0. The molecule has 6 aromatic carbocycles. The van der Waals surface area contributed by atoms with Gasteiger partial charge in [-0.05, 0) is 172 Å². The first-order valence-electron chi connectivity index (χ1n) is 21.4. The van der Waals surface area contributed by atoms with Crippen molar-refractivity contribution in [3.8, 4) is 22.3 Å². The third kappa shape index (κ3) is 4.60. The van der Waals surface area contributed by atoms with E-state index in [0.717, 1.165) is 23.7 Å². The van der Waals surface area contributed by atoms with Gasteiger partial charge in [-0.2, -0.15) is 0 Å². The van der Waals surface area contributed by atoms with E-state index in [1.807, 2.05) is 11.3 Å². The first-order chi connectivity index (χ1) is 27.2. The van der Waals surface area contributed by atoms with E-state index in [0.29, 0.717) is 0 Å². The van der Waals surface area contributed by atoms with Gasteiger partial charge in [-0.25, -0.2) is 0 Å². The Hall–Kier alpha value is -4.66. The van der Waals surface area contributed by atoms with Gasteiger partial charge < -0.3 is 4.90 Å². The number of benzene rings is 6. The lowest BCUT2D eigenvalue weighted by Gasteiger charge is -2.61. The molecule has 278 valence electrons. The molecule has 1 aromatic heterocycles. The fraction of sp³-hybridized carbons (Fsp3) is 0.333. The van der Waals surface area contributed by atoms with Gasteiger partial charge >= 0.3 is 0 Å². The van der Waals surface area contributed by atoms with E-state index in [1.165, 1.54) is 116 Å². The quantitative estimate of drug-likeness (QED) is 0.173. The van der Waals surface area contributed by atoms with Crippen molar-refractivity contribution in [2.75, 3.05) is 4.90 Å². The predicted octanol–water partition coefficient (Wildman–Crippen LogP) is 15.3. The highest BCUT2D eigenvalue weighted by Crippen LogP contribution is 2.69. The minimum atomic E-state index is 0.0642. The topological polar surface area (TPSA) is 3.24 Å². The maximum Gasteiger partial charge on any atom is 0.0502 e. The van der Waals surface area contributed by atoms with Gasteiger partial charge in [0.1, 0.15) is 0 Å². The van der Waals surface area contributed by atoms with Crippen LogP contribution in [-0.2, 0) is 16.2 Å². The third-order valence-corrected chi connectivity index (χ3v) is 16.8. The number of rotatable bonds is 4. The molecule has 0 unspecified atom stereocenters. The average molecular weight is 746 g/mol. The van der Waals surface area contributed by atoms with Gasteiger partial charge in [-0.3, -0.25) is 0 Å². The normalized spacial score (nSPS) is 26.1. The number of anilines is 3. The summed E-state index contributed by atoms with van der Waals surface area (Å²) in [4.78, 5) is 2.57. The standard InChI is InChI=1S/C54H51NS/c1-52(2)24-25-53(3,4)51-46(52)13-9-14-48(51)55(40-21-23-50-44(32-40)43-11-6-8-15-49(43)56-50)39-19-16-35(17-20-39)36-18-22-42-41-10-5-7-12-45(41)54(47(42)31-36)37-27-33-26-34(29-37)30-38(54)28-33/h5-23,31-34,37-38H,24-30H2,1-4H3. The lowest BCUT2D eigenvalue weighted by atomic mass is 9.43. The first kappa shape index (κ1) is 33.5. The molecule has 4 saturated carbocycles. The predicted molar refractivity (Wildman–Crippen MR) is 238 cm³/mol. The SMILES string of the molecule is CC1(C)CCC(C)(C)c2c(N(c3ccc(-c4ccc5c(c4)C4(c6ccccc6-5)C5CC6CC(C5)CC4C6)cc3)c3ccc4sc5ccccc5c4c3)cccc21. The van der Waals surface area contributed by atoms with Crippen LogP contribution in [-0.4, -0.2) is 0 Å². The van der Waals surface area contributed by atoms with E-state index in [9.17, 15) is 0 Å². The summed E-state index contributed by atoms with van der Waals surface area (Å²) in [6, 6.07) is 49.7. The highest BCUT2D eigenvalue weighted by atomic mass is 32.1. The summed E-state index contributed by atoms with van der Waals surface area (Å²) in [5.41, 5.74) is 16.0. The van der Waals surface area contributed by atoms with Crippen molar-refractivity contribution >= 4 is 48.6 Å². The van der Waals surface area contributed by atoms with Gasteiger partial charge in [0.2, 0.25) is 0 Å². The van der Waals surface area contributed by atoms with Crippen LogP contribution in [0.5, 0.6) is 0 Å². The maximum atomic E-state index is 2.64. The van der Waals surface area contributed by atoms with Crippen molar-refractivity contribution in [2.24, 2.45) is 23.7 Å². The van der Waals surface area contributed by atoms with E-state index < -0.39 is 0 Å². The second-order valence-corrected chi connectivity index (χ2v) is 20.7. The van der Waals surface area contributed by atoms with Crippen molar-refractivity contribution in [3.63, 3.8) is 0 Å². The van der Waals surface area contributed by atoms with Crippen LogP contribution in [0.2, 0.25) is 0 Å². The van der Waals surface area contributed by atoms with Crippen LogP contribution in [0.1, 0.15) is 94.9 Å². The molecule has 2 heteroatoms. The molecule has 4 bridgehead atoms. The van der Waals surface area contributed by atoms with Crippen LogP contribution in [0.15, 0.2) is 127 Å². The summed E-state index contributed by atoms with van der Waals surface area (Å²) >= 11 is 1.90. The fourth-order valence-corrected chi connectivity index (χ4v) is 14.4. The van der Waals surface area contributed by atoms with Crippen molar-refractivity contribution in [2.45, 2.75) is 88.9 Å². The maximum absolute atomic E-state index is 2.64. The van der Waals surface area contributed by atoms with Crippen molar-refractivity contribution < 1.29 is 0 Å². The average Bonchev–Trinajstić information content (AvgIpc) is 3.72. The highest BCUT2D eigenvalue weighted by Gasteiger charge is 2.61. The van der Waals surface area contributed by atoms with E-state index >= 15 is 0 Å². The van der Waals surface area contributed by atoms with Crippen molar-refractivity contribution in [1.29, 1.82) is 0 Å². The summed E-state index contributed by atoms with van der Waals surface area (Å²) < 4.78 is 2.70. The summed E-state index contributed by atoms with van der Waals surface area (Å²) in [6.45, 7) is 9.81. The number of hydrogen-bond acceptors (Lipinski definition) is 2. The van der Waals surface area contributed by atoms with E-state index in [4.69, 9.17) is 0 Å². The van der Waals surface area contributed by atoms with Crippen LogP contribution >= 0.6 is 11.3 Å². The molecule has 6 aliphatic carbocycles. The lowest BCUT2D eigenvalue weighted by Crippen LogP contribution is -2.55. The van der Waals surface area contributed by atoms with Gasteiger partial charge in [-0.15, -0.1) is 11.3 Å². The van der Waals surface area contributed by atoms with E-state index in [2.05, 4.69) is 160 Å². The summed E-state index contributed by atoms with van der Waals surface area (Å²) in [7, 11) is 0. The van der Waals surface area contributed by atoms with Gasteiger partial charge in [-0.1, -0.05) is 107 Å². The van der Waals surface area contributed by atoms with Crippen LogP contribution in [0.3, 0.4) is 0 Å². The molecule has 0 saturated heterocycles. The smallest absolute Gasteiger partial charge is 0.0502 e. The van der Waals surface area contributed by atoms with E-state index in [-0.39, 0.29) is 16.2 Å². The van der Waals surface area contributed by atoms with E-state index in [1.54, 1.807) is 11.1 Å². The Morgan fingerprint density at radius 1 is 0.500 bits per heavy atom. The Balaban J connectivity index is 1.00. The summed E-state index contributed by atoms with van der Waals surface area (Å²) in [5.74, 6) is 3.44. The molecular weight excluding hydrogens is 695 g/mol. The molecule has 0 amide bonds. The summed E-state index contributed by atoms with van der Waals surface area (Å²) in [6.07, 6.45) is 9.53. The largest absolute Gasteiger partial charge is 0.310 e. The van der Waals surface area contributed by atoms with Crippen LogP contribution in [0.4, 0.5) is 17.1 Å². The molecule has 1 heterocycles. The molecule has 13 rings (SSSR count). The van der Waals surface area contributed by atoms with Crippen LogP contribution < -0.4 is 4.90 Å². The zero-order valence-electron chi connectivity index (χ0n) is 33.2. The second-order valence-electron chi connectivity index (χ2n) is 19.6. The molecule has 0 aliphatic heterocycles. The van der Waals surface area contributed by atoms with Gasteiger partial charge in [0.15, 0.2) is 0 Å². The highest BCUT2D eigenvalue weighted by molar-refractivity contribution is 7.25. The minimum Gasteiger partial charge on any atom is -0.310 e. The zero-order chi connectivity index (χ0) is 37.6. The van der Waals surface area contributed by atoms with Gasteiger partial charge in [0.05, 0.1) is 5.69 Å². The molecule has 6 aliphatic rings. The molecule has 7 aromatic rings. The molecule has 1 nitrogen and oxygen atoms in total. The van der Waals surface area contributed by atoms with Gasteiger partial charge in [0.25, 0.3) is 0 Å². The molecule has 0 N–H and O–H groups in total. The first-order valence-corrected chi connectivity index (χ1v) is 22.2. The Morgan fingerprint density at radius 3 is 1.95 bits per heavy atom. The molecule has 0 atom stereocenters. The fourth-order valence-electron chi connectivity index (χ4n) is 13.3. The number of nitrogens with zero attached hydrogens (tertiary/aromatic N) is 1. The Labute approximate surface area is 336 Å². The molecule has 1 spiro atoms. The number of thiophene rings is 1. The molecule has 0 radical (unpaired) electrons. The van der Waals surface area contributed by atoms with Gasteiger partial charge in [0, 0.05) is 37.0 Å². The monoisotopic (exact) mass is 745 g/mol. The Kier molecular flexibility index (Phi) is 6.99. The molecular formula is C54H51NS. The minimum absolute atomic E-state index is 0.0642. The summed E-state index contributed by atoms with van der Waals surface area (Å²) in [5, 5.41) is 2.68. The third-order valence-electron chi connectivity index (χ3n) is 15.7. The lowest BCUT2D eigenvalue weighted by molar-refractivity contribution is -0.0399. The molecule has 4 fully saturated rings. The Morgan fingerprint density at radius 2 is 1.14 bits per heavy atom. The number of fused-ring (bicyclic) bond motifs is 7. The Bertz CT molecular complexity index is 2700. The van der Waals surface area contributed by atoms with Crippen LogP contribution in [0, 0.1) is 23.7 Å². The van der Waals surface area contributed by atoms with Crippen molar-refractivity contribution in [1.82, 2.24) is 0 Å². The van der Waals surface area contributed by atoms with Crippen LogP contribution in [0.25, 0.3) is 42.4 Å².